The predicted molar refractivity (Wildman–Crippen MR) is 131 cm³/mol. The number of ketones is 2. The average molecular weight is 477 g/mol. The Labute approximate surface area is 206 Å². The highest BCUT2D eigenvalue weighted by atomic mass is 16.6. The molecule has 0 atom stereocenters. The molecule has 6 heteroatoms. The van der Waals surface area contributed by atoms with E-state index in [-0.39, 0.29) is 34.9 Å². The van der Waals surface area contributed by atoms with Crippen molar-refractivity contribution in [3.63, 3.8) is 0 Å². The van der Waals surface area contributed by atoms with Crippen LogP contribution in [0.2, 0.25) is 0 Å². The molecule has 0 spiro atoms. The van der Waals surface area contributed by atoms with Gasteiger partial charge in [-0.2, -0.15) is 0 Å². The minimum atomic E-state index is -1.06. The van der Waals surface area contributed by atoms with Gasteiger partial charge in [0.15, 0.2) is 17.5 Å². The Morgan fingerprint density at radius 1 is 0.686 bits per heavy atom. The van der Waals surface area contributed by atoms with Gasteiger partial charge in [0.2, 0.25) is 0 Å². The zero-order valence-corrected chi connectivity index (χ0v) is 20.2. The Morgan fingerprint density at radius 2 is 1.11 bits per heavy atom. The van der Waals surface area contributed by atoms with Gasteiger partial charge in [0, 0.05) is 23.0 Å². The monoisotopic (exact) mass is 476 g/mol. The van der Waals surface area contributed by atoms with Crippen molar-refractivity contribution < 1.29 is 28.7 Å². The molecule has 2 aromatic carbocycles. The Bertz CT molecular complexity index is 980. The van der Waals surface area contributed by atoms with Crippen LogP contribution in [0.3, 0.4) is 0 Å². The largest absolute Gasteiger partial charge is 0.426 e. The normalized spacial score (nSPS) is 15.0. The maximum Gasteiger partial charge on any atom is 0.325 e. The van der Waals surface area contributed by atoms with Gasteiger partial charge in [0.1, 0.15) is 11.5 Å². The van der Waals surface area contributed by atoms with E-state index < -0.39 is 17.9 Å². The van der Waals surface area contributed by atoms with Gasteiger partial charge >= 0.3 is 11.9 Å². The highest BCUT2D eigenvalue weighted by Crippen LogP contribution is 2.34. The molecular weight excluding hydrogens is 444 g/mol. The fourth-order valence-corrected chi connectivity index (χ4v) is 4.02. The number of benzene rings is 2. The summed E-state index contributed by atoms with van der Waals surface area (Å²) in [6.45, 7) is 2.09. The molecule has 0 unspecified atom stereocenters. The summed E-state index contributed by atoms with van der Waals surface area (Å²) < 4.78 is 11.0. The third-order valence-corrected chi connectivity index (χ3v) is 6.53. The first-order valence-corrected chi connectivity index (χ1v) is 12.7. The molecule has 0 saturated heterocycles. The first kappa shape index (κ1) is 24.8. The maximum absolute atomic E-state index is 12.9. The second kappa shape index (κ2) is 11.4. The molecule has 0 N–H and O–H groups in total. The summed E-state index contributed by atoms with van der Waals surface area (Å²) in [5, 5.41) is 0. The van der Waals surface area contributed by atoms with Crippen LogP contribution >= 0.6 is 0 Å². The van der Waals surface area contributed by atoms with Crippen molar-refractivity contribution in [3.05, 3.63) is 59.7 Å². The molecule has 4 rings (SSSR count). The van der Waals surface area contributed by atoms with E-state index in [1.165, 1.54) is 0 Å². The number of rotatable bonds is 13. The minimum absolute atomic E-state index is 0.116. The lowest BCUT2D eigenvalue weighted by Gasteiger charge is -2.15. The van der Waals surface area contributed by atoms with Crippen LogP contribution in [-0.4, -0.2) is 23.5 Å². The number of hydrogen-bond donors (Lipinski definition) is 0. The summed E-state index contributed by atoms with van der Waals surface area (Å²) in [6, 6.07) is 13.0. The number of unbranched alkanes of at least 4 members (excludes halogenated alkanes) is 3. The highest BCUT2D eigenvalue weighted by Gasteiger charge is 2.33. The van der Waals surface area contributed by atoms with Gasteiger partial charge in [-0.1, -0.05) is 32.6 Å². The van der Waals surface area contributed by atoms with E-state index in [0.717, 1.165) is 44.9 Å². The molecule has 2 fully saturated rings. The predicted octanol–water partition coefficient (Wildman–Crippen LogP) is 5.97. The lowest BCUT2D eigenvalue weighted by molar-refractivity contribution is -0.151. The summed E-state index contributed by atoms with van der Waals surface area (Å²) in [4.78, 5) is 50.3. The Balaban J connectivity index is 1.39. The number of Topliss-reactive ketones (excluding diaryl/α,β-unsaturated/α-hetero) is 2. The van der Waals surface area contributed by atoms with Gasteiger partial charge in [-0.15, -0.1) is 0 Å². The lowest BCUT2D eigenvalue weighted by atomic mass is 10.0. The maximum atomic E-state index is 12.9. The third kappa shape index (κ3) is 6.87. The van der Waals surface area contributed by atoms with E-state index >= 15 is 0 Å². The number of hydrogen-bond acceptors (Lipinski definition) is 6. The second-order valence-corrected chi connectivity index (χ2v) is 9.57. The quantitative estimate of drug-likeness (QED) is 0.116. The van der Waals surface area contributed by atoms with Crippen molar-refractivity contribution in [1.29, 1.82) is 0 Å². The van der Waals surface area contributed by atoms with Crippen LogP contribution in [0.5, 0.6) is 11.5 Å². The van der Waals surface area contributed by atoms with E-state index in [9.17, 15) is 19.2 Å². The first-order valence-electron chi connectivity index (χ1n) is 12.7. The van der Waals surface area contributed by atoms with Gasteiger partial charge in [-0.25, -0.2) is 0 Å². The van der Waals surface area contributed by atoms with Gasteiger partial charge in [0.05, 0.1) is 0 Å². The van der Waals surface area contributed by atoms with Crippen LogP contribution in [0, 0.1) is 17.8 Å². The van der Waals surface area contributed by atoms with Gasteiger partial charge in [-0.3, -0.25) is 19.2 Å². The van der Waals surface area contributed by atoms with E-state index in [1.807, 2.05) is 0 Å². The molecule has 0 bridgehead atoms. The van der Waals surface area contributed by atoms with Crippen molar-refractivity contribution >= 4 is 23.5 Å². The third-order valence-electron chi connectivity index (χ3n) is 6.53. The molecular formula is C29H32O6. The lowest BCUT2D eigenvalue weighted by Crippen LogP contribution is -2.31. The van der Waals surface area contributed by atoms with E-state index in [2.05, 4.69) is 6.92 Å². The van der Waals surface area contributed by atoms with Gasteiger partial charge in [0.25, 0.3) is 0 Å². The molecule has 0 aliphatic heterocycles. The highest BCUT2D eigenvalue weighted by molar-refractivity contribution is 6.00. The molecule has 2 aromatic rings. The molecule has 2 saturated carbocycles. The molecule has 2 aliphatic carbocycles. The topological polar surface area (TPSA) is 86.7 Å². The zero-order valence-electron chi connectivity index (χ0n) is 20.2. The second-order valence-electron chi connectivity index (χ2n) is 9.57. The van der Waals surface area contributed by atoms with Crippen molar-refractivity contribution in [1.82, 2.24) is 0 Å². The summed E-state index contributed by atoms with van der Waals surface area (Å²) in [6.07, 6.45) is 7.70. The number of esters is 2. The number of carbonyl (C=O) groups is 4. The summed E-state index contributed by atoms with van der Waals surface area (Å²) in [5.41, 5.74) is 1.21. The Kier molecular flexibility index (Phi) is 8.11. The SMILES string of the molecule is CCCCCCC(C(=O)Oc1ccc(C(=O)C2CC2)cc1)C(=O)Oc1ccc(C(=O)C2CC2)cc1. The summed E-state index contributed by atoms with van der Waals surface area (Å²) in [5.74, 6) is -1.37. The summed E-state index contributed by atoms with van der Waals surface area (Å²) >= 11 is 0. The first-order chi connectivity index (χ1) is 17.0. The molecule has 0 amide bonds. The fourth-order valence-electron chi connectivity index (χ4n) is 4.02. The van der Waals surface area contributed by atoms with E-state index in [1.54, 1.807) is 48.5 Å². The van der Waals surface area contributed by atoms with Crippen LogP contribution in [0.1, 0.15) is 85.4 Å². The van der Waals surface area contributed by atoms with E-state index in [4.69, 9.17) is 9.47 Å². The molecule has 6 nitrogen and oxygen atoms in total. The van der Waals surface area contributed by atoms with Crippen molar-refractivity contribution in [2.45, 2.75) is 64.7 Å². The van der Waals surface area contributed by atoms with Crippen molar-refractivity contribution in [3.8, 4) is 11.5 Å². The molecule has 35 heavy (non-hydrogen) atoms. The van der Waals surface area contributed by atoms with Gasteiger partial charge in [-0.05, 0) is 80.6 Å². The Hall–Kier alpha value is -3.28. The fraction of sp³-hybridized carbons (Fsp3) is 0.448. The minimum Gasteiger partial charge on any atom is -0.426 e. The summed E-state index contributed by atoms with van der Waals surface area (Å²) in [7, 11) is 0. The van der Waals surface area contributed by atoms with Crippen LogP contribution in [0.25, 0.3) is 0 Å². The molecule has 2 aliphatic rings. The Morgan fingerprint density at radius 3 is 1.49 bits per heavy atom. The molecule has 0 radical (unpaired) electrons. The number of ether oxygens (including phenoxy) is 2. The van der Waals surface area contributed by atoms with Crippen molar-refractivity contribution in [2.24, 2.45) is 17.8 Å². The molecule has 0 aromatic heterocycles. The van der Waals surface area contributed by atoms with Crippen LogP contribution < -0.4 is 9.47 Å². The zero-order chi connectivity index (χ0) is 24.8. The smallest absolute Gasteiger partial charge is 0.325 e. The molecule has 0 heterocycles. The van der Waals surface area contributed by atoms with Crippen LogP contribution in [0.15, 0.2) is 48.5 Å². The van der Waals surface area contributed by atoms with Crippen LogP contribution in [0.4, 0.5) is 0 Å². The van der Waals surface area contributed by atoms with Crippen LogP contribution in [-0.2, 0) is 9.59 Å². The van der Waals surface area contributed by atoms with Gasteiger partial charge < -0.3 is 9.47 Å². The van der Waals surface area contributed by atoms with E-state index in [0.29, 0.717) is 24.0 Å². The standard InChI is InChI=1S/C29H32O6/c1-2-3-4-5-6-25(28(32)34-23-15-11-21(12-16-23)26(30)19-7-8-19)29(33)35-24-17-13-22(14-18-24)27(31)20-9-10-20/h11-20,25H,2-10H2,1H3. The molecule has 184 valence electrons. The average Bonchev–Trinajstić information content (AvgIpc) is 3.77. The number of carbonyl (C=O) groups excluding carboxylic acids is 4. The van der Waals surface area contributed by atoms with Crippen molar-refractivity contribution in [2.75, 3.05) is 0 Å².